The molecule has 124 valence electrons. The molecule has 1 heterocycles. The summed E-state index contributed by atoms with van der Waals surface area (Å²) in [5, 5.41) is 6.91. The Balaban J connectivity index is 2.29. The second-order valence-corrected chi connectivity index (χ2v) is 7.16. The smallest absolute Gasteiger partial charge is 0.135 e. The van der Waals surface area contributed by atoms with E-state index >= 15 is 0 Å². The van der Waals surface area contributed by atoms with Gasteiger partial charge < -0.3 is 4.42 Å². The van der Waals surface area contributed by atoms with Crippen molar-refractivity contribution >= 4 is 59.4 Å². The Morgan fingerprint density at radius 3 is 1.62 bits per heavy atom. The minimum Gasteiger partial charge on any atom is -0.456 e. The van der Waals surface area contributed by atoms with Crippen LogP contribution in [0.5, 0.6) is 0 Å². The first-order valence-electron chi connectivity index (χ1n) is 8.57. The molecule has 0 spiro atoms. The molecular weight excluding hydrogens is 384 g/mol. The Morgan fingerprint density at radius 1 is 0.462 bits per heavy atom. The monoisotopic (exact) mass is 398 g/mol. The van der Waals surface area contributed by atoms with E-state index in [1.807, 2.05) is 24.3 Å². The molecule has 0 bridgehead atoms. The number of fused-ring (bicyclic) bond motifs is 7. The largest absolute Gasteiger partial charge is 0.456 e. The topological polar surface area (TPSA) is 13.1 Å². The van der Waals surface area contributed by atoms with Gasteiger partial charge in [-0.05, 0) is 34.4 Å². The van der Waals surface area contributed by atoms with E-state index in [-0.39, 0.29) is 0 Å². The predicted molar refractivity (Wildman–Crippen MR) is 114 cm³/mol. The summed E-state index contributed by atoms with van der Waals surface area (Å²) in [5.41, 5.74) is 1.74. The lowest BCUT2D eigenvalue weighted by molar-refractivity contribution is 0.663. The third kappa shape index (κ3) is 2.38. The first-order valence-corrected chi connectivity index (χ1v) is 9.37. The standard InChI is InChI=1S/C24H15BrO/c25-21-13-7-12-20-18-10-4-6-15-23(18)26-22-14-5-3-9-17(22)16-8-1-2-11-19(16)24(20)21/h1-15H. The molecule has 1 aromatic heterocycles. The first kappa shape index (κ1) is 15.4. The summed E-state index contributed by atoms with van der Waals surface area (Å²) < 4.78 is 7.48. The molecule has 0 N–H and O–H groups in total. The third-order valence-corrected chi connectivity index (χ3v) is 5.45. The van der Waals surface area contributed by atoms with Gasteiger partial charge in [-0.2, -0.15) is 0 Å². The highest BCUT2D eigenvalue weighted by Crippen LogP contribution is 2.35. The quantitative estimate of drug-likeness (QED) is 0.259. The lowest BCUT2D eigenvalue weighted by Gasteiger charge is -2.04. The molecule has 0 aliphatic rings. The van der Waals surface area contributed by atoms with Gasteiger partial charge in [-0.1, -0.05) is 88.7 Å². The second-order valence-electron chi connectivity index (χ2n) is 6.30. The van der Waals surface area contributed by atoms with Crippen molar-refractivity contribution in [1.29, 1.82) is 0 Å². The van der Waals surface area contributed by atoms with E-state index in [4.69, 9.17) is 4.42 Å². The highest BCUT2D eigenvalue weighted by molar-refractivity contribution is 9.10. The van der Waals surface area contributed by atoms with Gasteiger partial charge in [0, 0.05) is 20.6 Å². The van der Waals surface area contributed by atoms with Crippen LogP contribution in [0, 0.1) is 0 Å². The third-order valence-electron chi connectivity index (χ3n) is 4.78. The molecule has 0 fully saturated rings. The van der Waals surface area contributed by atoms with Crippen LogP contribution in [0.2, 0.25) is 0 Å². The maximum atomic E-state index is 6.40. The normalized spacial score (nSPS) is 11.3. The SMILES string of the molecule is Brc1cccc2c3ccccc3oc3ccccc3c3ccccc3c12. The Morgan fingerprint density at radius 2 is 0.923 bits per heavy atom. The fourth-order valence-corrected chi connectivity index (χ4v) is 4.21. The molecule has 0 radical (unpaired) electrons. The van der Waals surface area contributed by atoms with Crippen LogP contribution < -0.4 is 0 Å². The molecule has 0 unspecified atom stereocenters. The van der Waals surface area contributed by atoms with Crippen LogP contribution >= 0.6 is 15.9 Å². The van der Waals surface area contributed by atoms with Crippen LogP contribution in [0.3, 0.4) is 0 Å². The fourth-order valence-electron chi connectivity index (χ4n) is 3.63. The van der Waals surface area contributed by atoms with Gasteiger partial charge in [-0.25, -0.2) is 0 Å². The summed E-state index contributed by atoms with van der Waals surface area (Å²) in [6, 6.07) is 31.3. The van der Waals surface area contributed by atoms with Gasteiger partial charge >= 0.3 is 0 Å². The highest BCUT2D eigenvalue weighted by atomic mass is 79.9. The van der Waals surface area contributed by atoms with E-state index in [0.717, 1.165) is 31.8 Å². The van der Waals surface area contributed by atoms with Gasteiger partial charge in [-0.3, -0.25) is 0 Å². The van der Waals surface area contributed by atoms with Crippen molar-refractivity contribution < 1.29 is 4.42 Å². The van der Waals surface area contributed by atoms with Crippen molar-refractivity contribution in [3.8, 4) is 0 Å². The van der Waals surface area contributed by atoms with E-state index in [0.29, 0.717) is 0 Å². The number of hydrogen-bond acceptors (Lipinski definition) is 1. The lowest BCUT2D eigenvalue weighted by Crippen LogP contribution is -1.77. The Hall–Kier alpha value is -2.84. The number of benzene rings is 4. The predicted octanol–water partition coefficient (Wildman–Crippen LogP) is 7.78. The van der Waals surface area contributed by atoms with Crippen LogP contribution in [0.1, 0.15) is 0 Å². The molecule has 0 amide bonds. The molecule has 0 aliphatic carbocycles. The van der Waals surface area contributed by atoms with E-state index in [9.17, 15) is 0 Å². The van der Waals surface area contributed by atoms with E-state index in [1.165, 1.54) is 16.2 Å². The number of rotatable bonds is 0. The van der Waals surface area contributed by atoms with Crippen molar-refractivity contribution in [2.75, 3.05) is 0 Å². The van der Waals surface area contributed by atoms with E-state index < -0.39 is 0 Å². The van der Waals surface area contributed by atoms with Crippen molar-refractivity contribution in [2.24, 2.45) is 0 Å². The summed E-state index contributed by atoms with van der Waals surface area (Å²) in [6.07, 6.45) is 0. The molecule has 0 saturated carbocycles. The summed E-state index contributed by atoms with van der Waals surface area (Å²) >= 11 is 3.79. The van der Waals surface area contributed by atoms with Gasteiger partial charge in [0.2, 0.25) is 0 Å². The number of hydrogen-bond donors (Lipinski definition) is 0. The Bertz CT molecular complexity index is 1350. The molecule has 5 rings (SSSR count). The van der Waals surface area contributed by atoms with E-state index in [2.05, 4.69) is 82.7 Å². The molecular formula is C24H15BrO. The van der Waals surface area contributed by atoms with Crippen molar-refractivity contribution in [3.05, 3.63) is 95.5 Å². The van der Waals surface area contributed by atoms with Crippen LogP contribution in [0.4, 0.5) is 0 Å². The first-order chi connectivity index (χ1) is 12.8. The van der Waals surface area contributed by atoms with Crippen molar-refractivity contribution in [1.82, 2.24) is 0 Å². The summed E-state index contributed by atoms with van der Waals surface area (Å²) in [6.45, 7) is 0. The van der Waals surface area contributed by atoms with Gasteiger partial charge in [0.15, 0.2) is 0 Å². The zero-order chi connectivity index (χ0) is 17.5. The zero-order valence-corrected chi connectivity index (χ0v) is 15.5. The number of para-hydroxylation sites is 2. The molecule has 0 aliphatic heterocycles. The van der Waals surface area contributed by atoms with Crippen LogP contribution in [-0.4, -0.2) is 0 Å². The van der Waals surface area contributed by atoms with Crippen LogP contribution in [0.15, 0.2) is 99.9 Å². The molecule has 1 nitrogen and oxygen atoms in total. The van der Waals surface area contributed by atoms with Crippen LogP contribution in [0.25, 0.3) is 43.5 Å². The summed E-state index contributed by atoms with van der Waals surface area (Å²) in [7, 11) is 0. The van der Waals surface area contributed by atoms with Crippen molar-refractivity contribution in [2.45, 2.75) is 0 Å². The number of halogens is 1. The van der Waals surface area contributed by atoms with E-state index in [1.54, 1.807) is 0 Å². The molecule has 0 saturated heterocycles. The molecule has 4 aromatic carbocycles. The second kappa shape index (κ2) is 6.15. The Labute approximate surface area is 159 Å². The van der Waals surface area contributed by atoms with Gasteiger partial charge in [0.25, 0.3) is 0 Å². The summed E-state index contributed by atoms with van der Waals surface area (Å²) in [4.78, 5) is 0. The highest BCUT2D eigenvalue weighted by Gasteiger charge is 2.08. The Kier molecular flexibility index (Phi) is 3.65. The van der Waals surface area contributed by atoms with Gasteiger partial charge in [0.1, 0.15) is 11.2 Å². The summed E-state index contributed by atoms with van der Waals surface area (Å²) in [5.74, 6) is 0. The maximum absolute atomic E-state index is 6.40. The fraction of sp³-hybridized carbons (Fsp3) is 0. The molecule has 26 heavy (non-hydrogen) atoms. The average molecular weight is 399 g/mol. The van der Waals surface area contributed by atoms with Crippen LogP contribution in [-0.2, 0) is 0 Å². The molecule has 0 atom stereocenters. The van der Waals surface area contributed by atoms with Gasteiger partial charge in [0.05, 0.1) is 0 Å². The molecule has 2 heteroatoms. The minimum absolute atomic E-state index is 0.868. The zero-order valence-electron chi connectivity index (χ0n) is 13.9. The minimum atomic E-state index is 0.868. The average Bonchev–Trinajstić information content (AvgIpc) is 2.73. The molecule has 5 aromatic rings. The lowest BCUT2D eigenvalue weighted by atomic mass is 10.0. The van der Waals surface area contributed by atoms with Crippen molar-refractivity contribution in [3.63, 3.8) is 0 Å². The maximum Gasteiger partial charge on any atom is 0.135 e. The van der Waals surface area contributed by atoms with Gasteiger partial charge in [-0.15, -0.1) is 0 Å².